The van der Waals surface area contributed by atoms with Gasteiger partial charge in [0.15, 0.2) is 0 Å². The molecule has 0 atom stereocenters. The predicted octanol–water partition coefficient (Wildman–Crippen LogP) is 2.32. The summed E-state index contributed by atoms with van der Waals surface area (Å²) >= 11 is 16.0. The highest BCUT2D eigenvalue weighted by atomic mass is 35.6. The summed E-state index contributed by atoms with van der Waals surface area (Å²) in [6.45, 7) is 0. The van der Waals surface area contributed by atoms with E-state index in [1.165, 1.54) is 13.2 Å². The van der Waals surface area contributed by atoms with Crippen LogP contribution in [0, 0.1) is 0 Å². The lowest BCUT2D eigenvalue weighted by atomic mass is 10.2. The number of hydrogen-bond acceptors (Lipinski definition) is 3. The molecule has 7 heteroatoms. The van der Waals surface area contributed by atoms with Crippen LogP contribution >= 0.6 is 34.8 Å². The van der Waals surface area contributed by atoms with Gasteiger partial charge in [0.1, 0.15) is 5.75 Å². The number of halogens is 3. The minimum Gasteiger partial charge on any atom is -0.496 e. The Hall–Kier alpha value is -0.970. The number of methoxy groups -OCH3 is 1. The molecule has 0 saturated heterocycles. The van der Waals surface area contributed by atoms with Crippen LogP contribution in [0.15, 0.2) is 24.3 Å². The topological polar surface area (TPSA) is 55.4 Å². The molecular formula is C10H8Cl3NO3. The first kappa shape index (κ1) is 14.1. The maximum absolute atomic E-state index is 11.7. The summed E-state index contributed by atoms with van der Waals surface area (Å²) in [6, 6.07) is 6.37. The molecule has 0 fully saturated rings. The third-order valence-electron chi connectivity index (χ3n) is 1.84. The summed E-state index contributed by atoms with van der Waals surface area (Å²) < 4.78 is 2.78. The van der Waals surface area contributed by atoms with Gasteiger partial charge in [0.05, 0.1) is 12.7 Å². The number of nitrogens with one attached hydrogen (secondary N) is 1. The zero-order chi connectivity index (χ0) is 13.1. The van der Waals surface area contributed by atoms with Crippen molar-refractivity contribution in [2.45, 2.75) is 3.79 Å². The third kappa shape index (κ3) is 3.77. The molecule has 0 bridgehead atoms. The Morgan fingerprint density at radius 2 is 1.82 bits per heavy atom. The molecule has 92 valence electrons. The van der Waals surface area contributed by atoms with Crippen molar-refractivity contribution < 1.29 is 14.3 Å². The number of benzene rings is 1. The van der Waals surface area contributed by atoms with Crippen molar-refractivity contribution in [1.29, 1.82) is 0 Å². The van der Waals surface area contributed by atoms with Crippen molar-refractivity contribution in [1.82, 2.24) is 5.32 Å². The van der Waals surface area contributed by atoms with Crippen LogP contribution < -0.4 is 10.1 Å². The number of rotatable bonds is 2. The lowest BCUT2D eigenvalue weighted by Crippen LogP contribution is -2.38. The van der Waals surface area contributed by atoms with E-state index in [1.54, 1.807) is 18.2 Å². The van der Waals surface area contributed by atoms with E-state index >= 15 is 0 Å². The number of alkyl halides is 3. The molecule has 1 aromatic carbocycles. The Labute approximate surface area is 113 Å². The van der Waals surface area contributed by atoms with E-state index in [0.717, 1.165) is 0 Å². The number of hydrogen-bond donors (Lipinski definition) is 1. The standard InChI is InChI=1S/C10H8Cl3NO3/c1-17-7-5-3-2-4-6(7)8(15)14-9(16)10(11,12)13/h2-5H,1H3,(H,14,15,16). The van der Waals surface area contributed by atoms with Crippen LogP contribution in [-0.2, 0) is 4.79 Å². The molecule has 1 aromatic rings. The Morgan fingerprint density at radius 3 is 2.35 bits per heavy atom. The van der Waals surface area contributed by atoms with Gasteiger partial charge >= 0.3 is 0 Å². The van der Waals surface area contributed by atoms with E-state index in [2.05, 4.69) is 0 Å². The van der Waals surface area contributed by atoms with Gasteiger partial charge in [-0.15, -0.1) is 0 Å². The third-order valence-corrected chi connectivity index (χ3v) is 2.35. The maximum Gasteiger partial charge on any atom is 0.278 e. The molecule has 0 saturated carbocycles. The van der Waals surface area contributed by atoms with Crippen LogP contribution in [0.2, 0.25) is 0 Å². The van der Waals surface area contributed by atoms with Gasteiger partial charge in [0.25, 0.3) is 15.6 Å². The van der Waals surface area contributed by atoms with Gasteiger partial charge in [-0.05, 0) is 12.1 Å². The van der Waals surface area contributed by atoms with Gasteiger partial charge in [-0.25, -0.2) is 0 Å². The van der Waals surface area contributed by atoms with Crippen LogP contribution in [0.4, 0.5) is 0 Å². The van der Waals surface area contributed by atoms with Gasteiger partial charge < -0.3 is 4.74 Å². The fourth-order valence-corrected chi connectivity index (χ4v) is 1.22. The van der Waals surface area contributed by atoms with Crippen LogP contribution in [0.1, 0.15) is 10.4 Å². The molecule has 0 spiro atoms. The van der Waals surface area contributed by atoms with Gasteiger partial charge in [-0.1, -0.05) is 46.9 Å². The summed E-state index contributed by atoms with van der Waals surface area (Å²) in [5, 5.41) is 1.96. The van der Waals surface area contributed by atoms with Crippen molar-refractivity contribution in [2.75, 3.05) is 7.11 Å². The number of carbonyl (C=O) groups is 2. The van der Waals surface area contributed by atoms with Crippen LogP contribution in [0.25, 0.3) is 0 Å². The largest absolute Gasteiger partial charge is 0.496 e. The number of para-hydroxylation sites is 1. The Bertz CT molecular complexity index is 443. The van der Waals surface area contributed by atoms with Crippen LogP contribution in [0.3, 0.4) is 0 Å². The summed E-state index contributed by atoms with van der Waals surface area (Å²) in [7, 11) is 1.41. The molecule has 0 aliphatic heterocycles. The fraction of sp³-hybridized carbons (Fsp3) is 0.200. The lowest BCUT2D eigenvalue weighted by Gasteiger charge is -2.11. The first-order valence-corrected chi connectivity index (χ1v) is 5.55. The van der Waals surface area contributed by atoms with Crippen molar-refractivity contribution in [3.8, 4) is 5.75 Å². The number of amides is 2. The quantitative estimate of drug-likeness (QED) is 0.852. The molecule has 1 N–H and O–H groups in total. The highest BCUT2D eigenvalue weighted by molar-refractivity contribution is 6.76. The van der Waals surface area contributed by atoms with Crippen molar-refractivity contribution in [3.05, 3.63) is 29.8 Å². The van der Waals surface area contributed by atoms with E-state index in [0.29, 0.717) is 5.75 Å². The molecule has 17 heavy (non-hydrogen) atoms. The molecule has 0 heterocycles. The van der Waals surface area contributed by atoms with Gasteiger partial charge in [-0.3, -0.25) is 14.9 Å². The smallest absolute Gasteiger partial charge is 0.278 e. The highest BCUT2D eigenvalue weighted by Gasteiger charge is 2.32. The zero-order valence-corrected chi connectivity index (χ0v) is 10.9. The van der Waals surface area contributed by atoms with Crippen molar-refractivity contribution in [2.24, 2.45) is 0 Å². The second-order valence-electron chi connectivity index (χ2n) is 2.98. The van der Waals surface area contributed by atoms with Gasteiger partial charge in [0, 0.05) is 0 Å². The predicted molar refractivity (Wildman–Crippen MR) is 65.8 cm³/mol. The first-order valence-electron chi connectivity index (χ1n) is 4.41. The van der Waals surface area contributed by atoms with Crippen molar-refractivity contribution in [3.63, 3.8) is 0 Å². The van der Waals surface area contributed by atoms with E-state index in [1.807, 2.05) is 5.32 Å². The maximum atomic E-state index is 11.7. The van der Waals surface area contributed by atoms with Crippen LogP contribution in [0.5, 0.6) is 5.75 Å². The second-order valence-corrected chi connectivity index (χ2v) is 5.26. The first-order chi connectivity index (χ1) is 7.86. The molecule has 2 amide bonds. The molecule has 0 aromatic heterocycles. The lowest BCUT2D eigenvalue weighted by molar-refractivity contribution is -0.119. The van der Waals surface area contributed by atoms with Gasteiger partial charge in [-0.2, -0.15) is 0 Å². The summed E-state index contributed by atoms with van der Waals surface area (Å²) in [4.78, 5) is 23.0. The monoisotopic (exact) mass is 295 g/mol. The molecule has 0 radical (unpaired) electrons. The molecule has 0 aliphatic carbocycles. The van der Waals surface area contributed by atoms with E-state index in [4.69, 9.17) is 39.5 Å². The zero-order valence-electron chi connectivity index (χ0n) is 8.67. The average Bonchev–Trinajstić information content (AvgIpc) is 2.27. The number of carbonyl (C=O) groups excluding carboxylic acids is 2. The summed E-state index contributed by atoms with van der Waals surface area (Å²) in [5.74, 6) is -1.39. The number of ether oxygens (including phenoxy) is 1. The van der Waals surface area contributed by atoms with Crippen molar-refractivity contribution >= 4 is 46.6 Å². The number of imide groups is 1. The Kier molecular flexibility index (Phi) is 4.62. The summed E-state index contributed by atoms with van der Waals surface area (Å²) in [6.07, 6.45) is 0. The minimum absolute atomic E-state index is 0.178. The van der Waals surface area contributed by atoms with E-state index < -0.39 is 15.6 Å². The molecule has 4 nitrogen and oxygen atoms in total. The van der Waals surface area contributed by atoms with Crippen LogP contribution in [-0.4, -0.2) is 22.7 Å². The minimum atomic E-state index is -2.18. The molecule has 0 unspecified atom stereocenters. The molecule has 0 aliphatic rings. The fourth-order valence-electron chi connectivity index (χ4n) is 1.07. The Balaban J connectivity index is 2.88. The molecule has 1 rings (SSSR count). The summed E-state index contributed by atoms with van der Waals surface area (Å²) in [5.41, 5.74) is 0.178. The average molecular weight is 297 g/mol. The Morgan fingerprint density at radius 1 is 1.24 bits per heavy atom. The SMILES string of the molecule is COc1ccccc1C(=O)NC(=O)C(Cl)(Cl)Cl. The molecular weight excluding hydrogens is 288 g/mol. The normalized spacial score (nSPS) is 10.8. The second kappa shape index (κ2) is 5.58. The van der Waals surface area contributed by atoms with E-state index in [-0.39, 0.29) is 5.56 Å². The van der Waals surface area contributed by atoms with E-state index in [9.17, 15) is 9.59 Å². The van der Waals surface area contributed by atoms with Gasteiger partial charge in [0.2, 0.25) is 0 Å². The highest BCUT2D eigenvalue weighted by Crippen LogP contribution is 2.26.